The van der Waals surface area contributed by atoms with Crippen molar-refractivity contribution in [3.05, 3.63) is 17.7 Å². The Hall–Kier alpha value is -1.46. The third kappa shape index (κ3) is 4.02. The summed E-state index contributed by atoms with van der Waals surface area (Å²) in [6, 6.07) is 2.23. The van der Waals surface area contributed by atoms with Gasteiger partial charge in [-0.1, -0.05) is 13.8 Å². The third-order valence-corrected chi connectivity index (χ3v) is 3.69. The quantitative estimate of drug-likeness (QED) is 0.914. The summed E-state index contributed by atoms with van der Waals surface area (Å²) in [5, 5.41) is 2.88. The Labute approximate surface area is 123 Å². The van der Waals surface area contributed by atoms with Crippen LogP contribution in [0.15, 0.2) is 12.1 Å². The number of pyridine rings is 1. The van der Waals surface area contributed by atoms with Gasteiger partial charge in [0.15, 0.2) is 0 Å². The van der Waals surface area contributed by atoms with E-state index in [-0.39, 0.29) is 5.82 Å². The molecule has 0 aromatic carbocycles. The summed E-state index contributed by atoms with van der Waals surface area (Å²) in [5.41, 5.74) is -0.644. The number of aromatic nitrogens is 1. The van der Waals surface area contributed by atoms with Gasteiger partial charge >= 0.3 is 6.18 Å². The van der Waals surface area contributed by atoms with Gasteiger partial charge in [0.05, 0.1) is 5.56 Å². The summed E-state index contributed by atoms with van der Waals surface area (Å²) in [4.78, 5) is 6.31. The fourth-order valence-corrected chi connectivity index (χ4v) is 2.96. The molecule has 2 unspecified atom stereocenters. The van der Waals surface area contributed by atoms with Crippen LogP contribution in [0, 0.1) is 11.8 Å². The number of piperidine rings is 1. The molecular weight excluding hydrogens is 279 g/mol. The molecule has 2 heterocycles. The van der Waals surface area contributed by atoms with E-state index in [4.69, 9.17) is 0 Å². The molecule has 1 aromatic heterocycles. The minimum atomic E-state index is -4.35. The van der Waals surface area contributed by atoms with Gasteiger partial charge in [-0.15, -0.1) is 0 Å². The average molecular weight is 301 g/mol. The maximum absolute atomic E-state index is 13.0. The Balaban J connectivity index is 2.35. The van der Waals surface area contributed by atoms with Gasteiger partial charge < -0.3 is 10.2 Å². The fraction of sp³-hybridized carbons (Fsp3) is 0.667. The van der Waals surface area contributed by atoms with Crippen molar-refractivity contribution in [1.29, 1.82) is 0 Å². The van der Waals surface area contributed by atoms with E-state index in [1.54, 1.807) is 0 Å². The fourth-order valence-electron chi connectivity index (χ4n) is 2.96. The molecule has 2 atom stereocenters. The largest absolute Gasteiger partial charge is 0.416 e. The van der Waals surface area contributed by atoms with Crippen LogP contribution in [0.4, 0.5) is 24.8 Å². The van der Waals surface area contributed by atoms with Crippen molar-refractivity contribution in [2.75, 3.05) is 29.9 Å². The van der Waals surface area contributed by atoms with Crippen molar-refractivity contribution in [1.82, 2.24) is 4.98 Å². The zero-order valence-electron chi connectivity index (χ0n) is 12.7. The molecule has 1 aliphatic rings. The average Bonchev–Trinajstić information content (AvgIpc) is 2.36. The second kappa shape index (κ2) is 6.12. The van der Waals surface area contributed by atoms with E-state index in [0.717, 1.165) is 31.6 Å². The van der Waals surface area contributed by atoms with Crippen molar-refractivity contribution < 1.29 is 13.2 Å². The number of hydrogen-bond donors (Lipinski definition) is 1. The minimum Gasteiger partial charge on any atom is -0.370 e. The number of nitrogens with zero attached hydrogens (tertiary/aromatic N) is 2. The van der Waals surface area contributed by atoms with Crippen LogP contribution in [0.2, 0.25) is 0 Å². The van der Waals surface area contributed by atoms with E-state index in [1.165, 1.54) is 0 Å². The molecule has 2 rings (SSSR count). The Kier molecular flexibility index (Phi) is 4.64. The maximum atomic E-state index is 13.0. The van der Waals surface area contributed by atoms with Gasteiger partial charge in [-0.05, 0) is 37.3 Å². The first kappa shape index (κ1) is 15.9. The first-order chi connectivity index (χ1) is 9.79. The van der Waals surface area contributed by atoms with Crippen molar-refractivity contribution in [2.24, 2.45) is 11.8 Å². The van der Waals surface area contributed by atoms with E-state index in [9.17, 15) is 13.2 Å². The van der Waals surface area contributed by atoms with Crippen LogP contribution < -0.4 is 10.2 Å². The van der Waals surface area contributed by atoms with Crippen LogP contribution in [-0.2, 0) is 6.18 Å². The molecule has 118 valence electrons. The van der Waals surface area contributed by atoms with Crippen molar-refractivity contribution in [2.45, 2.75) is 33.4 Å². The number of halogens is 3. The van der Waals surface area contributed by atoms with Crippen LogP contribution in [0.3, 0.4) is 0 Å². The van der Waals surface area contributed by atoms with E-state index in [0.29, 0.717) is 24.2 Å². The van der Waals surface area contributed by atoms with E-state index < -0.39 is 11.7 Å². The summed E-state index contributed by atoms with van der Waals surface area (Å²) in [5.74, 6) is 1.63. The Bertz CT molecular complexity index is 478. The number of rotatable bonds is 3. The van der Waals surface area contributed by atoms with Crippen molar-refractivity contribution >= 4 is 11.6 Å². The Morgan fingerprint density at radius 3 is 2.38 bits per heavy atom. The zero-order chi connectivity index (χ0) is 15.6. The first-order valence-corrected chi connectivity index (χ1v) is 7.37. The first-order valence-electron chi connectivity index (χ1n) is 7.37. The van der Waals surface area contributed by atoms with Gasteiger partial charge in [0.2, 0.25) is 0 Å². The maximum Gasteiger partial charge on any atom is 0.416 e. The summed E-state index contributed by atoms with van der Waals surface area (Å²) < 4.78 is 39.1. The van der Waals surface area contributed by atoms with Crippen molar-refractivity contribution in [3.63, 3.8) is 0 Å². The summed E-state index contributed by atoms with van der Waals surface area (Å²) in [7, 11) is 0. The van der Waals surface area contributed by atoms with Crippen LogP contribution in [-0.4, -0.2) is 24.6 Å². The predicted molar refractivity (Wildman–Crippen MR) is 78.6 cm³/mol. The monoisotopic (exact) mass is 301 g/mol. The second-order valence-corrected chi connectivity index (χ2v) is 5.98. The third-order valence-electron chi connectivity index (χ3n) is 3.69. The van der Waals surface area contributed by atoms with Gasteiger partial charge in [-0.2, -0.15) is 13.2 Å². The zero-order valence-corrected chi connectivity index (χ0v) is 12.7. The predicted octanol–water partition coefficient (Wildman–Crippen LogP) is 4.01. The summed E-state index contributed by atoms with van der Waals surface area (Å²) in [6.07, 6.45) is -3.25. The number of alkyl halides is 3. The molecule has 1 fully saturated rings. The molecule has 3 nitrogen and oxygen atoms in total. The molecule has 6 heteroatoms. The molecule has 1 aromatic rings. The molecule has 21 heavy (non-hydrogen) atoms. The normalized spacial score (nSPS) is 23.2. The molecule has 0 amide bonds. The van der Waals surface area contributed by atoms with Gasteiger partial charge in [0.1, 0.15) is 11.6 Å². The Morgan fingerprint density at radius 1 is 1.24 bits per heavy atom. The second-order valence-electron chi connectivity index (χ2n) is 5.98. The lowest BCUT2D eigenvalue weighted by Crippen LogP contribution is -2.39. The van der Waals surface area contributed by atoms with Crippen LogP contribution >= 0.6 is 0 Å². The topological polar surface area (TPSA) is 28.2 Å². The number of hydrogen-bond acceptors (Lipinski definition) is 3. The van der Waals surface area contributed by atoms with Gasteiger partial charge in [-0.25, -0.2) is 4.98 Å². The minimum absolute atomic E-state index is 0.285. The summed E-state index contributed by atoms with van der Waals surface area (Å²) in [6.45, 7) is 8.14. The highest BCUT2D eigenvalue weighted by Gasteiger charge is 2.33. The number of anilines is 2. The molecule has 1 saturated heterocycles. The van der Waals surface area contributed by atoms with Crippen molar-refractivity contribution in [3.8, 4) is 0 Å². The van der Waals surface area contributed by atoms with E-state index in [1.807, 2.05) is 11.8 Å². The molecule has 0 spiro atoms. The highest BCUT2D eigenvalue weighted by molar-refractivity contribution is 5.51. The molecule has 0 saturated carbocycles. The lowest BCUT2D eigenvalue weighted by atomic mass is 9.92. The van der Waals surface area contributed by atoms with Gasteiger partial charge in [0.25, 0.3) is 0 Å². The van der Waals surface area contributed by atoms with E-state index >= 15 is 0 Å². The standard InChI is InChI=1S/C15H22F3N3/c1-4-19-13-6-12(15(16,17)18)7-14(20-13)21-8-10(2)5-11(3)9-21/h6-7,10-11H,4-5,8-9H2,1-3H3,(H,19,20). The van der Waals surface area contributed by atoms with Crippen LogP contribution in [0.1, 0.15) is 32.8 Å². The van der Waals surface area contributed by atoms with Crippen LogP contribution in [0.25, 0.3) is 0 Å². The number of nitrogens with one attached hydrogen (secondary N) is 1. The lowest BCUT2D eigenvalue weighted by molar-refractivity contribution is -0.137. The summed E-state index contributed by atoms with van der Waals surface area (Å²) >= 11 is 0. The van der Waals surface area contributed by atoms with Gasteiger partial charge in [0, 0.05) is 19.6 Å². The molecule has 0 bridgehead atoms. The molecule has 1 N–H and O–H groups in total. The van der Waals surface area contributed by atoms with Crippen LogP contribution in [0.5, 0.6) is 0 Å². The molecule has 0 radical (unpaired) electrons. The molecule has 1 aliphatic heterocycles. The Morgan fingerprint density at radius 2 is 1.86 bits per heavy atom. The lowest BCUT2D eigenvalue weighted by Gasteiger charge is -2.36. The molecular formula is C15H22F3N3. The smallest absolute Gasteiger partial charge is 0.370 e. The molecule has 0 aliphatic carbocycles. The highest BCUT2D eigenvalue weighted by atomic mass is 19.4. The van der Waals surface area contributed by atoms with E-state index in [2.05, 4.69) is 24.1 Å². The van der Waals surface area contributed by atoms with Gasteiger partial charge in [-0.3, -0.25) is 0 Å². The SMILES string of the molecule is CCNc1cc(C(F)(F)F)cc(N2CC(C)CC(C)C2)n1. The highest BCUT2D eigenvalue weighted by Crippen LogP contribution is 2.34.